The highest BCUT2D eigenvalue weighted by Gasteiger charge is 2.18. The van der Waals surface area contributed by atoms with Crippen molar-refractivity contribution in [1.29, 1.82) is 0 Å². The molecule has 0 aliphatic rings. The van der Waals surface area contributed by atoms with Crippen LogP contribution in [0.25, 0.3) is 0 Å². The van der Waals surface area contributed by atoms with Gasteiger partial charge in [-0.05, 0) is 19.8 Å². The predicted octanol–water partition coefficient (Wildman–Crippen LogP) is 1.27. The average Bonchev–Trinajstić information content (AvgIpc) is 2.39. The van der Waals surface area contributed by atoms with Crippen molar-refractivity contribution < 1.29 is 24.2 Å². The number of carbonyl (C=O) groups excluding carboxylic acids is 2. The van der Waals surface area contributed by atoms with Gasteiger partial charge in [-0.2, -0.15) is 0 Å². The van der Waals surface area contributed by atoms with Crippen molar-refractivity contribution >= 4 is 18.0 Å². The molecule has 0 saturated carbocycles. The molecule has 0 fully saturated rings. The zero-order chi connectivity index (χ0) is 15.4. The lowest BCUT2D eigenvalue weighted by Crippen LogP contribution is -2.46. The van der Waals surface area contributed by atoms with E-state index in [1.54, 1.807) is 6.92 Å². The molecule has 0 aromatic rings. The minimum atomic E-state index is -1.04. The van der Waals surface area contributed by atoms with Gasteiger partial charge in [0.25, 0.3) is 0 Å². The summed E-state index contributed by atoms with van der Waals surface area (Å²) in [6.45, 7) is 4.32. The first-order valence-electron chi connectivity index (χ1n) is 6.94. The van der Waals surface area contributed by atoms with Crippen LogP contribution in [-0.2, 0) is 14.3 Å². The molecule has 0 radical (unpaired) electrons. The molecule has 0 aliphatic heterocycles. The quantitative estimate of drug-likeness (QED) is 0.415. The molecule has 0 aromatic heterocycles. The van der Waals surface area contributed by atoms with Crippen LogP contribution in [0.5, 0.6) is 0 Å². The van der Waals surface area contributed by atoms with Crippen LogP contribution in [0.4, 0.5) is 4.79 Å². The number of hydrogen-bond donors (Lipinski definition) is 3. The van der Waals surface area contributed by atoms with E-state index in [9.17, 15) is 14.4 Å². The van der Waals surface area contributed by atoms with Gasteiger partial charge in [-0.25, -0.2) is 9.59 Å². The third kappa shape index (κ3) is 9.18. The van der Waals surface area contributed by atoms with E-state index < -0.39 is 18.0 Å². The van der Waals surface area contributed by atoms with Crippen molar-refractivity contribution in [3.8, 4) is 0 Å². The molecule has 0 spiro atoms. The van der Waals surface area contributed by atoms with Gasteiger partial charge >= 0.3 is 18.0 Å². The number of carbonyl (C=O) groups is 3. The summed E-state index contributed by atoms with van der Waals surface area (Å²) >= 11 is 0. The number of nitrogens with one attached hydrogen (secondary N) is 2. The molecule has 0 bridgehead atoms. The van der Waals surface area contributed by atoms with Crippen LogP contribution in [0.15, 0.2) is 0 Å². The highest BCUT2D eigenvalue weighted by atomic mass is 16.5. The van der Waals surface area contributed by atoms with Gasteiger partial charge in [0.1, 0.15) is 6.04 Å². The smallest absolute Gasteiger partial charge is 0.326 e. The lowest BCUT2D eigenvalue weighted by Gasteiger charge is -2.14. The fourth-order valence-electron chi connectivity index (χ4n) is 1.54. The van der Waals surface area contributed by atoms with Crippen LogP contribution in [0.3, 0.4) is 0 Å². The summed E-state index contributed by atoms with van der Waals surface area (Å²) in [5.41, 5.74) is 0. The monoisotopic (exact) mass is 288 g/mol. The highest BCUT2D eigenvalue weighted by molar-refractivity contribution is 5.82. The summed E-state index contributed by atoms with van der Waals surface area (Å²) < 4.78 is 4.74. The average molecular weight is 288 g/mol. The molecule has 1 atom stereocenters. The third-order valence-corrected chi connectivity index (χ3v) is 2.60. The van der Waals surface area contributed by atoms with Gasteiger partial charge in [0.2, 0.25) is 0 Å². The number of urea groups is 1. The summed E-state index contributed by atoms with van der Waals surface area (Å²) in [5.74, 6) is -1.35. The molecule has 0 aromatic carbocycles. The Labute approximate surface area is 119 Å². The zero-order valence-electron chi connectivity index (χ0n) is 12.1. The molecular weight excluding hydrogens is 264 g/mol. The Balaban J connectivity index is 3.84. The Morgan fingerprint density at radius 1 is 1.20 bits per heavy atom. The summed E-state index contributed by atoms with van der Waals surface area (Å²) in [6.07, 6.45) is 2.69. The normalized spacial score (nSPS) is 11.5. The van der Waals surface area contributed by atoms with E-state index in [-0.39, 0.29) is 12.4 Å². The summed E-state index contributed by atoms with van der Waals surface area (Å²) in [7, 11) is 0. The van der Waals surface area contributed by atoms with E-state index in [1.807, 2.05) is 6.92 Å². The first-order chi connectivity index (χ1) is 9.51. The molecule has 7 heteroatoms. The molecule has 116 valence electrons. The molecular formula is C13H24N2O5. The number of ether oxygens (including phenoxy) is 1. The van der Waals surface area contributed by atoms with Crippen molar-refractivity contribution in [3.05, 3.63) is 0 Å². The van der Waals surface area contributed by atoms with Crippen molar-refractivity contribution in [2.75, 3.05) is 13.2 Å². The molecule has 0 aliphatic carbocycles. The van der Waals surface area contributed by atoms with Gasteiger partial charge < -0.3 is 20.5 Å². The standard InChI is InChI=1S/C13H24N2O5/c1-3-5-7-10(12(17)18)15-13(19)14-9-6-8-11(16)20-4-2/h10H,3-9H2,1-2H3,(H,17,18)(H2,14,15,19). The van der Waals surface area contributed by atoms with Gasteiger partial charge in [-0.1, -0.05) is 19.8 Å². The van der Waals surface area contributed by atoms with Crippen LogP contribution in [-0.4, -0.2) is 42.3 Å². The first-order valence-corrected chi connectivity index (χ1v) is 6.94. The Morgan fingerprint density at radius 2 is 1.90 bits per heavy atom. The Morgan fingerprint density at radius 3 is 2.45 bits per heavy atom. The number of esters is 1. The first kappa shape index (κ1) is 18.2. The Bertz CT molecular complexity index is 320. The van der Waals surface area contributed by atoms with Crippen molar-refractivity contribution in [2.45, 2.75) is 52.0 Å². The fraction of sp³-hybridized carbons (Fsp3) is 0.769. The molecule has 0 heterocycles. The molecule has 0 rings (SSSR count). The molecule has 7 nitrogen and oxygen atoms in total. The van der Waals surface area contributed by atoms with Crippen molar-refractivity contribution in [1.82, 2.24) is 10.6 Å². The number of amides is 2. The topological polar surface area (TPSA) is 105 Å². The second kappa shape index (κ2) is 11.1. The van der Waals surface area contributed by atoms with Gasteiger partial charge in [-0.3, -0.25) is 4.79 Å². The van der Waals surface area contributed by atoms with E-state index in [0.717, 1.165) is 12.8 Å². The lowest BCUT2D eigenvalue weighted by atomic mass is 10.1. The van der Waals surface area contributed by atoms with Gasteiger partial charge in [0.05, 0.1) is 6.61 Å². The molecule has 20 heavy (non-hydrogen) atoms. The number of unbranched alkanes of at least 4 members (excludes halogenated alkanes) is 1. The van der Waals surface area contributed by atoms with Gasteiger partial charge in [-0.15, -0.1) is 0 Å². The lowest BCUT2D eigenvalue weighted by molar-refractivity contribution is -0.143. The molecule has 0 saturated heterocycles. The fourth-order valence-corrected chi connectivity index (χ4v) is 1.54. The SMILES string of the molecule is CCCCC(NC(=O)NCCCC(=O)OCC)C(=O)O. The second-order valence-corrected chi connectivity index (χ2v) is 4.34. The number of carboxylic acids is 1. The van der Waals surface area contributed by atoms with E-state index >= 15 is 0 Å². The highest BCUT2D eigenvalue weighted by Crippen LogP contribution is 2.00. The van der Waals surface area contributed by atoms with Crippen LogP contribution >= 0.6 is 0 Å². The van der Waals surface area contributed by atoms with Crippen LogP contribution in [0.1, 0.15) is 46.0 Å². The van der Waals surface area contributed by atoms with E-state index in [1.165, 1.54) is 0 Å². The van der Waals surface area contributed by atoms with Crippen LogP contribution in [0, 0.1) is 0 Å². The van der Waals surface area contributed by atoms with Gasteiger partial charge in [0, 0.05) is 13.0 Å². The largest absolute Gasteiger partial charge is 0.480 e. The second-order valence-electron chi connectivity index (χ2n) is 4.34. The number of hydrogen-bond acceptors (Lipinski definition) is 4. The van der Waals surface area contributed by atoms with Crippen LogP contribution < -0.4 is 10.6 Å². The minimum Gasteiger partial charge on any atom is -0.480 e. The maximum atomic E-state index is 11.5. The Kier molecular flexibility index (Phi) is 10.1. The van der Waals surface area contributed by atoms with E-state index in [0.29, 0.717) is 26.0 Å². The van der Waals surface area contributed by atoms with E-state index in [4.69, 9.17) is 9.84 Å². The van der Waals surface area contributed by atoms with Gasteiger partial charge in [0.15, 0.2) is 0 Å². The zero-order valence-corrected chi connectivity index (χ0v) is 12.1. The van der Waals surface area contributed by atoms with Crippen molar-refractivity contribution in [2.24, 2.45) is 0 Å². The molecule has 2 amide bonds. The summed E-state index contributed by atoms with van der Waals surface area (Å²) in [6, 6.07) is -1.41. The molecule has 1 unspecified atom stereocenters. The maximum Gasteiger partial charge on any atom is 0.326 e. The predicted molar refractivity (Wildman–Crippen MR) is 73.4 cm³/mol. The minimum absolute atomic E-state index is 0.228. The van der Waals surface area contributed by atoms with Crippen LogP contribution in [0.2, 0.25) is 0 Å². The third-order valence-electron chi connectivity index (χ3n) is 2.60. The number of rotatable bonds is 10. The van der Waals surface area contributed by atoms with E-state index in [2.05, 4.69) is 10.6 Å². The summed E-state index contributed by atoms with van der Waals surface area (Å²) in [5, 5.41) is 13.9. The molecule has 3 N–H and O–H groups in total. The van der Waals surface area contributed by atoms with Crippen molar-refractivity contribution in [3.63, 3.8) is 0 Å². The number of aliphatic carboxylic acids is 1. The number of carboxylic acid groups (broad SMARTS) is 1. The summed E-state index contributed by atoms with van der Waals surface area (Å²) in [4.78, 5) is 33.5. The Hall–Kier alpha value is -1.79. The maximum absolute atomic E-state index is 11.5.